The van der Waals surface area contributed by atoms with Crippen molar-refractivity contribution >= 4 is 27.4 Å². The van der Waals surface area contributed by atoms with Crippen molar-refractivity contribution in [1.82, 2.24) is 0 Å². The molecule has 138 valence electrons. The van der Waals surface area contributed by atoms with E-state index in [1.165, 1.54) is 12.1 Å². The average Bonchev–Trinajstić information content (AvgIpc) is 3.13. The molecule has 8 heteroatoms. The summed E-state index contributed by atoms with van der Waals surface area (Å²) in [5.74, 6) is -1.20. The van der Waals surface area contributed by atoms with Gasteiger partial charge in [0.25, 0.3) is 10.0 Å². The molecule has 0 aromatic heterocycles. The summed E-state index contributed by atoms with van der Waals surface area (Å²) in [6.07, 6.45) is 1.95. The molecule has 1 atom stereocenters. The minimum Gasteiger partial charge on any atom is -0.478 e. The van der Waals surface area contributed by atoms with Crippen LogP contribution in [0.4, 0.5) is 11.4 Å². The van der Waals surface area contributed by atoms with Gasteiger partial charge >= 0.3 is 5.97 Å². The first-order valence-electron chi connectivity index (χ1n) is 8.26. The fourth-order valence-corrected chi connectivity index (χ4v) is 3.86. The van der Waals surface area contributed by atoms with Crippen LogP contribution < -0.4 is 10.0 Å². The molecule has 1 fully saturated rings. The SMILES string of the molecule is O=C(O)c1cc(S(=O)(=O)Nc2ccccc2)ccc1NC[C@@H]1CCCO1. The molecule has 1 aliphatic rings. The van der Waals surface area contributed by atoms with E-state index in [1.54, 1.807) is 30.3 Å². The summed E-state index contributed by atoms with van der Waals surface area (Å²) in [6, 6.07) is 12.4. The molecule has 1 saturated heterocycles. The minimum absolute atomic E-state index is 0.0415. The summed E-state index contributed by atoms with van der Waals surface area (Å²) in [4.78, 5) is 11.5. The van der Waals surface area contributed by atoms with E-state index in [0.29, 0.717) is 24.5 Å². The minimum atomic E-state index is -3.88. The number of ether oxygens (including phenoxy) is 1. The summed E-state index contributed by atoms with van der Waals surface area (Å²) in [5, 5.41) is 12.5. The summed E-state index contributed by atoms with van der Waals surface area (Å²) in [6.45, 7) is 1.19. The first-order chi connectivity index (χ1) is 12.5. The van der Waals surface area contributed by atoms with Crippen LogP contribution >= 0.6 is 0 Å². The Labute approximate surface area is 152 Å². The van der Waals surface area contributed by atoms with Crippen LogP contribution in [0.25, 0.3) is 0 Å². The number of sulfonamides is 1. The van der Waals surface area contributed by atoms with Gasteiger partial charge in [0.2, 0.25) is 0 Å². The number of hydrogen-bond donors (Lipinski definition) is 3. The van der Waals surface area contributed by atoms with Crippen molar-refractivity contribution < 1.29 is 23.1 Å². The van der Waals surface area contributed by atoms with Crippen LogP contribution in [0.5, 0.6) is 0 Å². The molecule has 0 saturated carbocycles. The van der Waals surface area contributed by atoms with E-state index < -0.39 is 16.0 Å². The fraction of sp³-hybridized carbons (Fsp3) is 0.278. The van der Waals surface area contributed by atoms with Gasteiger partial charge in [0.1, 0.15) is 0 Å². The van der Waals surface area contributed by atoms with E-state index >= 15 is 0 Å². The van der Waals surface area contributed by atoms with E-state index in [0.717, 1.165) is 18.9 Å². The average molecular weight is 376 g/mol. The van der Waals surface area contributed by atoms with Crippen molar-refractivity contribution in [2.75, 3.05) is 23.2 Å². The largest absolute Gasteiger partial charge is 0.478 e. The molecule has 0 bridgehead atoms. The van der Waals surface area contributed by atoms with Gasteiger partial charge in [-0.05, 0) is 43.2 Å². The Balaban J connectivity index is 1.81. The molecule has 1 heterocycles. The second-order valence-electron chi connectivity index (χ2n) is 6.00. The normalized spacial score (nSPS) is 17.0. The number of carboxylic acids is 1. The van der Waals surface area contributed by atoms with Gasteiger partial charge in [-0.3, -0.25) is 4.72 Å². The Morgan fingerprint density at radius 1 is 1.19 bits per heavy atom. The van der Waals surface area contributed by atoms with E-state index in [2.05, 4.69) is 10.0 Å². The first-order valence-corrected chi connectivity index (χ1v) is 9.75. The highest BCUT2D eigenvalue weighted by atomic mass is 32.2. The van der Waals surface area contributed by atoms with Crippen LogP contribution in [0.1, 0.15) is 23.2 Å². The third-order valence-electron chi connectivity index (χ3n) is 4.10. The molecule has 3 N–H and O–H groups in total. The quantitative estimate of drug-likeness (QED) is 0.686. The lowest BCUT2D eigenvalue weighted by Gasteiger charge is -2.15. The Morgan fingerprint density at radius 3 is 2.62 bits per heavy atom. The van der Waals surface area contributed by atoms with Crippen molar-refractivity contribution in [2.24, 2.45) is 0 Å². The summed E-state index contributed by atoms with van der Waals surface area (Å²) < 4.78 is 33.0. The number of aromatic carboxylic acids is 1. The molecule has 0 unspecified atom stereocenters. The van der Waals surface area contributed by atoms with Gasteiger partial charge in [0.05, 0.1) is 16.6 Å². The van der Waals surface area contributed by atoms with Crippen LogP contribution in [-0.2, 0) is 14.8 Å². The fourth-order valence-electron chi connectivity index (χ4n) is 2.77. The van der Waals surface area contributed by atoms with Crippen LogP contribution in [0.2, 0.25) is 0 Å². The maximum atomic E-state index is 12.5. The van der Waals surface area contributed by atoms with Crippen molar-refractivity contribution in [1.29, 1.82) is 0 Å². The summed E-state index contributed by atoms with van der Waals surface area (Å²) in [5.41, 5.74) is 0.676. The van der Waals surface area contributed by atoms with Gasteiger partial charge in [-0.15, -0.1) is 0 Å². The molecule has 2 aromatic rings. The van der Waals surface area contributed by atoms with Gasteiger partial charge in [-0.1, -0.05) is 18.2 Å². The third kappa shape index (κ3) is 4.33. The third-order valence-corrected chi connectivity index (χ3v) is 5.48. The predicted molar refractivity (Wildman–Crippen MR) is 98.1 cm³/mol. The Kier molecular flexibility index (Phi) is 5.43. The van der Waals surface area contributed by atoms with Crippen LogP contribution in [0.15, 0.2) is 53.4 Å². The van der Waals surface area contributed by atoms with Gasteiger partial charge in [-0.25, -0.2) is 13.2 Å². The van der Waals surface area contributed by atoms with E-state index in [4.69, 9.17) is 4.74 Å². The molecule has 0 aliphatic carbocycles. The van der Waals surface area contributed by atoms with E-state index in [9.17, 15) is 18.3 Å². The zero-order valence-corrected chi connectivity index (χ0v) is 14.8. The molecular formula is C18H20N2O5S. The molecule has 3 rings (SSSR count). The number of para-hydroxylation sites is 1. The van der Waals surface area contributed by atoms with E-state index in [-0.39, 0.29) is 16.6 Å². The van der Waals surface area contributed by atoms with Gasteiger partial charge < -0.3 is 15.2 Å². The highest BCUT2D eigenvalue weighted by molar-refractivity contribution is 7.92. The number of anilines is 2. The zero-order chi connectivity index (χ0) is 18.6. The lowest BCUT2D eigenvalue weighted by atomic mass is 10.1. The number of hydrogen-bond acceptors (Lipinski definition) is 5. The van der Waals surface area contributed by atoms with E-state index in [1.807, 2.05) is 0 Å². The molecule has 0 amide bonds. The Morgan fingerprint density at radius 2 is 1.96 bits per heavy atom. The zero-order valence-electron chi connectivity index (χ0n) is 14.0. The standard InChI is InChI=1S/C18H20N2O5S/c21-18(22)16-11-15(26(23,24)20-13-5-2-1-3-6-13)8-9-17(16)19-12-14-7-4-10-25-14/h1-3,5-6,8-9,11,14,19-20H,4,7,10,12H2,(H,21,22)/t14-/m0/s1. The summed E-state index contributed by atoms with van der Waals surface area (Å²) >= 11 is 0. The molecule has 7 nitrogen and oxygen atoms in total. The van der Waals surface area contributed by atoms with Crippen molar-refractivity contribution in [3.8, 4) is 0 Å². The molecule has 0 spiro atoms. The maximum absolute atomic E-state index is 12.5. The molecule has 0 radical (unpaired) electrons. The smallest absolute Gasteiger partial charge is 0.337 e. The Bertz CT molecular complexity index is 878. The summed E-state index contributed by atoms with van der Waals surface area (Å²) in [7, 11) is -3.88. The number of benzene rings is 2. The van der Waals surface area contributed by atoms with Crippen molar-refractivity contribution in [2.45, 2.75) is 23.8 Å². The predicted octanol–water partition coefficient (Wildman–Crippen LogP) is 2.78. The molecule has 1 aliphatic heterocycles. The highest BCUT2D eigenvalue weighted by Gasteiger charge is 2.21. The Hall–Kier alpha value is -2.58. The maximum Gasteiger partial charge on any atom is 0.337 e. The number of carboxylic acid groups (broad SMARTS) is 1. The number of carbonyl (C=O) groups is 1. The lowest BCUT2D eigenvalue weighted by molar-refractivity contribution is 0.0697. The van der Waals surface area contributed by atoms with Gasteiger partial charge in [0.15, 0.2) is 0 Å². The van der Waals surface area contributed by atoms with Gasteiger partial charge in [0, 0.05) is 24.5 Å². The molecule has 2 aromatic carbocycles. The van der Waals surface area contributed by atoms with Crippen molar-refractivity contribution in [3.05, 3.63) is 54.1 Å². The van der Waals surface area contributed by atoms with Crippen LogP contribution in [-0.4, -0.2) is 38.7 Å². The molecule has 26 heavy (non-hydrogen) atoms. The first kappa shape index (κ1) is 18.2. The monoisotopic (exact) mass is 376 g/mol. The lowest BCUT2D eigenvalue weighted by Crippen LogP contribution is -2.20. The van der Waals surface area contributed by atoms with Crippen LogP contribution in [0.3, 0.4) is 0 Å². The van der Waals surface area contributed by atoms with Crippen LogP contribution in [0, 0.1) is 0 Å². The second kappa shape index (κ2) is 7.76. The second-order valence-corrected chi connectivity index (χ2v) is 7.68. The number of rotatable bonds is 7. The topological polar surface area (TPSA) is 105 Å². The highest BCUT2D eigenvalue weighted by Crippen LogP contribution is 2.23. The molecular weight excluding hydrogens is 356 g/mol. The van der Waals surface area contributed by atoms with Gasteiger partial charge in [-0.2, -0.15) is 0 Å². The van der Waals surface area contributed by atoms with Crippen molar-refractivity contribution in [3.63, 3.8) is 0 Å². The number of nitrogens with one attached hydrogen (secondary N) is 2.